The van der Waals surface area contributed by atoms with Crippen LogP contribution in [0.4, 0.5) is 0 Å². The Morgan fingerprint density at radius 1 is 0.735 bits per heavy atom. The lowest BCUT2D eigenvalue weighted by Gasteiger charge is -2.67. The van der Waals surface area contributed by atoms with Gasteiger partial charge in [0, 0.05) is 43.6 Å². The first-order valence-corrected chi connectivity index (χ1v) is 72.5. The minimum atomic E-state index is -1.70. The summed E-state index contributed by atoms with van der Waals surface area (Å²) in [5.41, 5.74) is -1.51. The molecule has 0 spiro atoms. The number of methoxy groups -OCH3 is 1. The normalized spacial score (nSPS) is 33.1. The molecule has 2 N–H and O–H groups in total. The smallest absolute Gasteiger partial charge is 0.147 e. The summed E-state index contributed by atoms with van der Waals surface area (Å²) in [6.45, 7) is 4.43. The summed E-state index contributed by atoms with van der Waals surface area (Å²) in [5.74, 6) is 0.0416. The van der Waals surface area contributed by atoms with Crippen molar-refractivity contribution in [1.82, 2.24) is 0 Å². The topological polar surface area (TPSA) is 105 Å². The highest BCUT2D eigenvalue weighted by Gasteiger charge is 2.73. The summed E-state index contributed by atoms with van der Waals surface area (Å²) in [6.07, 6.45) is -1.77. The van der Waals surface area contributed by atoms with Gasteiger partial charge in [0.2, 0.25) is 0 Å². The van der Waals surface area contributed by atoms with Crippen molar-refractivity contribution in [2.24, 2.45) is 16.7 Å². The van der Waals surface area contributed by atoms with Gasteiger partial charge in [0.25, 0.3) is 0 Å². The molecule has 5 rings (SSSR count). The molecule has 39 heteroatoms. The third-order valence-corrected chi connectivity index (χ3v) is 156. The zero-order valence-electron chi connectivity index (χ0n) is 38.3. The molecule has 9 nitrogen and oxygen atoms in total. The molecule has 2 saturated carbocycles. The van der Waals surface area contributed by atoms with Crippen molar-refractivity contribution in [3.63, 3.8) is 0 Å². The SMILES string of the molecule is COc1ccc(CO[C@]23COCO[C@@H]2C[C@H](OP(P(P)P)P(P)P)[C@@]2(C)C[C@@H](OP(P(P)P)P(PP)P(P)P)C4=C(C)[C@@H](OP(P)P(P(P)P)P(P(P)P)P(P)P)C[C@@](O)([C@@H](O)[C@@H]23)C4(C)C)cc1. The van der Waals surface area contributed by atoms with Crippen molar-refractivity contribution in [3.05, 3.63) is 41.0 Å². The van der Waals surface area contributed by atoms with E-state index < -0.39 is 124 Å². The summed E-state index contributed by atoms with van der Waals surface area (Å²) in [6, 6.07) is 7.93. The van der Waals surface area contributed by atoms with E-state index >= 15 is 0 Å². The second kappa shape index (κ2) is 31.3. The maximum absolute atomic E-state index is 14.3. The Morgan fingerprint density at radius 2 is 1.31 bits per heavy atom. The number of hydrogen-bond donors (Lipinski definition) is 2. The van der Waals surface area contributed by atoms with E-state index in [0.717, 1.165) is 22.5 Å². The highest BCUT2D eigenvalue weighted by molar-refractivity contribution is 9.25. The van der Waals surface area contributed by atoms with Crippen molar-refractivity contribution in [3.8, 4) is 5.75 Å². The van der Waals surface area contributed by atoms with Crippen LogP contribution in [0.5, 0.6) is 5.75 Å². The maximum Gasteiger partial charge on any atom is 0.147 e. The van der Waals surface area contributed by atoms with Crippen LogP contribution in [0.2, 0.25) is 0 Å². The molecule has 68 heavy (non-hydrogen) atoms. The molecule has 0 amide bonds. The van der Waals surface area contributed by atoms with E-state index in [2.05, 4.69) is 171 Å². The van der Waals surface area contributed by atoms with Gasteiger partial charge in [0.15, 0.2) is 0 Å². The fourth-order valence-corrected chi connectivity index (χ4v) is 239. The minimum absolute atomic E-state index is 0.103. The van der Waals surface area contributed by atoms with Crippen molar-refractivity contribution in [2.45, 2.75) is 95.3 Å². The molecule has 30 atom stereocenters. The molecular formula is C29H72O9P30. The van der Waals surface area contributed by atoms with E-state index in [1.54, 1.807) is 7.11 Å². The largest absolute Gasteiger partial charge is 0.497 e. The molecule has 4 aliphatic rings. The third kappa shape index (κ3) is 16.3. The van der Waals surface area contributed by atoms with Gasteiger partial charge >= 0.3 is 0 Å². The minimum Gasteiger partial charge on any atom is -0.497 e. The first-order valence-electron chi connectivity index (χ1n) is 20.3. The number of rotatable bonds is 21. The molecule has 1 saturated heterocycles. The summed E-state index contributed by atoms with van der Waals surface area (Å²) >= 11 is 0. The lowest BCUT2D eigenvalue weighted by atomic mass is 9.45. The Morgan fingerprint density at radius 3 is 1.81 bits per heavy atom. The number of ether oxygens (including phenoxy) is 4. The number of fused-ring (bicyclic) bond motifs is 5. The monoisotopic (exact) mass is 1490 g/mol. The van der Waals surface area contributed by atoms with E-state index in [-0.39, 0.29) is 53.5 Å². The van der Waals surface area contributed by atoms with Crippen LogP contribution in [-0.4, -0.2) is 72.4 Å². The van der Waals surface area contributed by atoms with E-state index in [0.29, 0.717) is 20.8 Å². The Hall–Kier alpha value is 11.3. The van der Waals surface area contributed by atoms with Gasteiger partial charge in [0.1, 0.15) is 23.7 Å². The predicted octanol–water partition coefficient (Wildman–Crippen LogP) is 20.1. The zero-order valence-corrected chi connectivity index (χ0v) is 69.4. The van der Waals surface area contributed by atoms with Crippen LogP contribution < -0.4 is 4.74 Å². The quantitative estimate of drug-likeness (QED) is 0.0920. The van der Waals surface area contributed by atoms with Crippen molar-refractivity contribution in [2.75, 3.05) is 20.5 Å². The summed E-state index contributed by atoms with van der Waals surface area (Å²) in [4.78, 5) is 0. The van der Waals surface area contributed by atoms with Crippen LogP contribution in [-0.2, 0) is 34.4 Å². The molecule has 0 radical (unpaired) electrons. The van der Waals surface area contributed by atoms with Gasteiger partial charge in [-0.25, -0.2) is 0 Å². The molecule has 1 aromatic carbocycles. The fraction of sp³-hybridized carbons (Fsp3) is 0.724. The predicted molar refractivity (Wildman–Crippen MR) is 387 cm³/mol. The number of aliphatic hydroxyl groups is 2. The van der Waals surface area contributed by atoms with E-state index in [1.165, 1.54) is 0 Å². The number of benzene rings is 1. The number of hydrogen-bond acceptors (Lipinski definition) is 9. The lowest BCUT2D eigenvalue weighted by Crippen LogP contribution is -2.77. The molecule has 2 bridgehead atoms. The zero-order chi connectivity index (χ0) is 51.0. The fourth-order valence-electron chi connectivity index (χ4n) is 9.89. The second-order valence-corrected chi connectivity index (χ2v) is 124. The molecule has 1 aliphatic heterocycles. The van der Waals surface area contributed by atoms with E-state index in [1.807, 2.05) is 24.3 Å². The van der Waals surface area contributed by atoms with Crippen LogP contribution in [0.25, 0.3) is 0 Å². The highest BCUT2D eigenvalue weighted by Crippen LogP contribution is 3.21. The van der Waals surface area contributed by atoms with Crippen molar-refractivity contribution in [1.29, 1.82) is 0 Å². The van der Waals surface area contributed by atoms with Gasteiger partial charge in [-0.2, -0.15) is 0 Å². The molecule has 3 aliphatic carbocycles. The Balaban J connectivity index is 1.83. The van der Waals surface area contributed by atoms with Gasteiger partial charge < -0.3 is 42.7 Å². The van der Waals surface area contributed by atoms with Crippen LogP contribution in [0, 0.1) is 16.7 Å². The first kappa shape index (κ1) is 70.1. The molecule has 392 valence electrons. The standard InChI is InChI=1S/C29H72O9P30/c1-16-19(36-56(40)67(63(49)50)68(64(51)52)65(53)54)12-29(31)25(30)24-27(4,11-20(23(16)26(29,2)3)37-58(61(45)46)66(55-39)62(47)48)21(38-57(59(41)42)60(43)44)10-22-28(24,14-33-15-34-22)35-13-17-6-8-18(32-5)9-7-17/h6-9,19-22,24-25,30-31,55H,10-15,39-54H2,1-5H3/t19-,20+,21-,22+,24-,25-,27+,28+,29+,56?,58?,66?,67?/m0/s1. The average molecular weight is 1490 g/mol. The first-order chi connectivity index (χ1) is 31.6. The highest BCUT2D eigenvalue weighted by atomic mass is 33.3. The van der Waals surface area contributed by atoms with Crippen LogP contribution in [0.15, 0.2) is 35.4 Å². The Labute approximate surface area is 461 Å². The van der Waals surface area contributed by atoms with E-state index in [9.17, 15) is 10.2 Å². The van der Waals surface area contributed by atoms with Gasteiger partial charge in [-0.1, -0.05) is 49.8 Å². The molecule has 1 heterocycles. The average Bonchev–Trinajstić information content (AvgIpc) is 3.24. The van der Waals surface area contributed by atoms with Gasteiger partial charge in [-0.3, -0.25) is 0 Å². The molecule has 0 aromatic heterocycles. The summed E-state index contributed by atoms with van der Waals surface area (Å²) in [5, 5.41) is 28.3. The van der Waals surface area contributed by atoms with Crippen molar-refractivity contribution >= 4 is 243 Å². The summed E-state index contributed by atoms with van der Waals surface area (Å²) in [7, 11) is 49.3. The van der Waals surface area contributed by atoms with Gasteiger partial charge in [0.05, 0.1) is 73.4 Å². The number of aliphatic hydroxyl groups excluding tert-OH is 1. The van der Waals surface area contributed by atoms with Crippen LogP contribution in [0.1, 0.15) is 52.5 Å². The lowest BCUT2D eigenvalue weighted by molar-refractivity contribution is -0.349. The second-order valence-electron chi connectivity index (χ2n) is 17.1. The molecule has 3 fully saturated rings. The van der Waals surface area contributed by atoms with Crippen LogP contribution in [0.3, 0.4) is 0 Å². The Bertz CT molecular complexity index is 1810. The van der Waals surface area contributed by atoms with Gasteiger partial charge in [-0.15, -0.1) is 134 Å². The third-order valence-electron chi connectivity index (χ3n) is 12.9. The molecule has 21 unspecified atom stereocenters. The van der Waals surface area contributed by atoms with Crippen molar-refractivity contribution < 1.29 is 42.7 Å². The molecule has 1 aromatic rings. The van der Waals surface area contributed by atoms with Gasteiger partial charge in [-0.05, 0) is 98.1 Å². The van der Waals surface area contributed by atoms with Crippen LogP contribution >= 0.6 is 243 Å². The van der Waals surface area contributed by atoms with E-state index in [4.69, 9.17) is 32.5 Å². The molecular weight excluding hydrogens is 1420 g/mol. The summed E-state index contributed by atoms with van der Waals surface area (Å²) < 4.78 is 49.2. The maximum atomic E-state index is 14.3. The Kier molecular flexibility index (Phi) is 32.3.